The summed E-state index contributed by atoms with van der Waals surface area (Å²) in [5.74, 6) is 0.773. The third kappa shape index (κ3) is 3.37. The molecule has 0 saturated heterocycles. The molecule has 1 aromatic rings. The second-order valence-electron chi connectivity index (χ2n) is 3.35. The molecule has 68 valence electrons. The van der Waals surface area contributed by atoms with E-state index in [-0.39, 0.29) is 0 Å². The molecular weight excluding hydrogens is 166 g/mol. The van der Waals surface area contributed by atoms with E-state index in [2.05, 4.69) is 23.8 Å². The van der Waals surface area contributed by atoms with Gasteiger partial charge in [0.25, 0.3) is 0 Å². The van der Waals surface area contributed by atoms with Gasteiger partial charge < -0.3 is 5.73 Å². The smallest absolute Gasteiger partial charge is 0.00613 e. The molecule has 1 aromatic heterocycles. The first-order valence-electron chi connectivity index (χ1n) is 4.54. The van der Waals surface area contributed by atoms with Gasteiger partial charge in [-0.25, -0.2) is 0 Å². The van der Waals surface area contributed by atoms with Crippen molar-refractivity contribution >= 4 is 11.3 Å². The summed E-state index contributed by atoms with van der Waals surface area (Å²) in [6, 6.07) is 2.21. The summed E-state index contributed by atoms with van der Waals surface area (Å²) < 4.78 is 0. The van der Waals surface area contributed by atoms with E-state index in [9.17, 15) is 0 Å². The van der Waals surface area contributed by atoms with Gasteiger partial charge in [0, 0.05) is 0 Å². The maximum Gasteiger partial charge on any atom is -0.00613 e. The Morgan fingerprint density at radius 1 is 1.50 bits per heavy atom. The van der Waals surface area contributed by atoms with Gasteiger partial charge in [-0.15, -0.1) is 0 Å². The van der Waals surface area contributed by atoms with E-state index in [1.54, 1.807) is 11.3 Å². The SMILES string of the molecule is CC(CCN)CCc1ccsc1. The molecule has 0 radical (unpaired) electrons. The van der Waals surface area contributed by atoms with E-state index in [0.29, 0.717) is 0 Å². The van der Waals surface area contributed by atoms with Crippen LogP contribution in [0.2, 0.25) is 0 Å². The van der Waals surface area contributed by atoms with Crippen molar-refractivity contribution in [1.82, 2.24) is 0 Å². The molecule has 0 spiro atoms. The first kappa shape index (κ1) is 9.75. The fourth-order valence-corrected chi connectivity index (χ4v) is 1.98. The van der Waals surface area contributed by atoms with Crippen molar-refractivity contribution in [3.05, 3.63) is 22.4 Å². The molecule has 2 heteroatoms. The van der Waals surface area contributed by atoms with Crippen LogP contribution in [-0.2, 0) is 6.42 Å². The molecule has 0 saturated carbocycles. The highest BCUT2D eigenvalue weighted by Crippen LogP contribution is 2.13. The molecule has 0 bridgehead atoms. The minimum absolute atomic E-state index is 0.773. The Kier molecular flexibility index (Phi) is 4.33. The Hall–Kier alpha value is -0.340. The third-order valence-electron chi connectivity index (χ3n) is 2.17. The van der Waals surface area contributed by atoms with Crippen molar-refractivity contribution in [1.29, 1.82) is 0 Å². The standard InChI is InChI=1S/C10H17NS/c1-9(4-6-11)2-3-10-5-7-12-8-10/h5,7-9H,2-4,6,11H2,1H3. The first-order valence-corrected chi connectivity index (χ1v) is 5.48. The van der Waals surface area contributed by atoms with Crippen molar-refractivity contribution in [2.75, 3.05) is 6.54 Å². The van der Waals surface area contributed by atoms with Crippen LogP contribution in [0.25, 0.3) is 0 Å². The Labute approximate surface area is 78.6 Å². The Bertz CT molecular complexity index is 194. The molecule has 0 aliphatic heterocycles. The molecule has 1 unspecified atom stereocenters. The zero-order chi connectivity index (χ0) is 8.81. The highest BCUT2D eigenvalue weighted by molar-refractivity contribution is 7.07. The lowest BCUT2D eigenvalue weighted by Crippen LogP contribution is -2.06. The average Bonchev–Trinajstić information content (AvgIpc) is 2.53. The molecule has 1 atom stereocenters. The molecule has 0 amide bonds. The lowest BCUT2D eigenvalue weighted by Gasteiger charge is -2.07. The van der Waals surface area contributed by atoms with E-state index >= 15 is 0 Å². The second kappa shape index (κ2) is 5.33. The molecule has 1 rings (SSSR count). The van der Waals surface area contributed by atoms with Crippen molar-refractivity contribution in [3.63, 3.8) is 0 Å². The highest BCUT2D eigenvalue weighted by atomic mass is 32.1. The monoisotopic (exact) mass is 183 g/mol. The summed E-state index contributed by atoms with van der Waals surface area (Å²) in [4.78, 5) is 0. The van der Waals surface area contributed by atoms with Crippen molar-refractivity contribution in [2.24, 2.45) is 11.7 Å². The number of nitrogens with two attached hydrogens (primary N) is 1. The fraction of sp³-hybridized carbons (Fsp3) is 0.600. The maximum atomic E-state index is 5.48. The van der Waals surface area contributed by atoms with Gasteiger partial charge in [-0.3, -0.25) is 0 Å². The third-order valence-corrected chi connectivity index (χ3v) is 2.90. The Morgan fingerprint density at radius 3 is 2.92 bits per heavy atom. The molecule has 0 aliphatic carbocycles. The molecule has 1 heterocycles. The number of hydrogen-bond donors (Lipinski definition) is 1. The van der Waals surface area contributed by atoms with E-state index in [1.807, 2.05) is 0 Å². The maximum absolute atomic E-state index is 5.48. The summed E-state index contributed by atoms with van der Waals surface area (Å²) in [6.45, 7) is 3.10. The largest absolute Gasteiger partial charge is 0.330 e. The van der Waals surface area contributed by atoms with Gasteiger partial charge in [0.1, 0.15) is 0 Å². The van der Waals surface area contributed by atoms with E-state index in [1.165, 1.54) is 18.4 Å². The number of hydrogen-bond acceptors (Lipinski definition) is 2. The van der Waals surface area contributed by atoms with Crippen LogP contribution in [-0.4, -0.2) is 6.54 Å². The van der Waals surface area contributed by atoms with Crippen LogP contribution in [0.15, 0.2) is 16.8 Å². The van der Waals surface area contributed by atoms with Gasteiger partial charge in [-0.1, -0.05) is 6.92 Å². The molecule has 0 aliphatic rings. The highest BCUT2D eigenvalue weighted by Gasteiger charge is 2.01. The fourth-order valence-electron chi connectivity index (χ4n) is 1.28. The zero-order valence-electron chi connectivity index (χ0n) is 7.62. The van der Waals surface area contributed by atoms with Gasteiger partial charge in [-0.05, 0) is 54.1 Å². The quantitative estimate of drug-likeness (QED) is 0.746. The van der Waals surface area contributed by atoms with Crippen LogP contribution in [0.4, 0.5) is 0 Å². The van der Waals surface area contributed by atoms with E-state index in [0.717, 1.165) is 18.9 Å². The number of aryl methyl sites for hydroxylation is 1. The summed E-state index contributed by atoms with van der Waals surface area (Å²) in [6.07, 6.45) is 3.64. The molecule has 2 N–H and O–H groups in total. The van der Waals surface area contributed by atoms with E-state index < -0.39 is 0 Å². The first-order chi connectivity index (χ1) is 5.83. The van der Waals surface area contributed by atoms with Crippen LogP contribution in [0.5, 0.6) is 0 Å². The van der Waals surface area contributed by atoms with E-state index in [4.69, 9.17) is 5.73 Å². The minimum Gasteiger partial charge on any atom is -0.330 e. The van der Waals surface area contributed by atoms with Crippen LogP contribution >= 0.6 is 11.3 Å². The van der Waals surface area contributed by atoms with Crippen molar-refractivity contribution < 1.29 is 0 Å². The summed E-state index contributed by atoms with van der Waals surface area (Å²) in [5.41, 5.74) is 6.96. The Balaban J connectivity index is 2.17. The van der Waals surface area contributed by atoms with Crippen molar-refractivity contribution in [2.45, 2.75) is 26.2 Å². The van der Waals surface area contributed by atoms with Gasteiger partial charge >= 0.3 is 0 Å². The molecular formula is C10H17NS. The molecule has 12 heavy (non-hydrogen) atoms. The summed E-state index contributed by atoms with van der Waals surface area (Å²) in [5, 5.41) is 4.37. The molecule has 0 aromatic carbocycles. The lowest BCUT2D eigenvalue weighted by atomic mass is 10.00. The van der Waals surface area contributed by atoms with Gasteiger partial charge in [0.05, 0.1) is 0 Å². The zero-order valence-corrected chi connectivity index (χ0v) is 8.44. The Morgan fingerprint density at radius 2 is 2.33 bits per heavy atom. The van der Waals surface area contributed by atoms with Crippen LogP contribution in [0, 0.1) is 5.92 Å². The van der Waals surface area contributed by atoms with Crippen LogP contribution in [0.1, 0.15) is 25.3 Å². The van der Waals surface area contributed by atoms with Gasteiger partial charge in [0.15, 0.2) is 0 Å². The van der Waals surface area contributed by atoms with Crippen LogP contribution in [0.3, 0.4) is 0 Å². The predicted octanol–water partition coefficient (Wildman–Crippen LogP) is 2.67. The summed E-state index contributed by atoms with van der Waals surface area (Å²) in [7, 11) is 0. The van der Waals surface area contributed by atoms with Crippen molar-refractivity contribution in [3.8, 4) is 0 Å². The normalized spacial score (nSPS) is 13.2. The average molecular weight is 183 g/mol. The predicted molar refractivity (Wildman–Crippen MR) is 55.5 cm³/mol. The van der Waals surface area contributed by atoms with Gasteiger partial charge in [-0.2, -0.15) is 11.3 Å². The number of thiophene rings is 1. The minimum atomic E-state index is 0.773. The topological polar surface area (TPSA) is 26.0 Å². The molecule has 0 fully saturated rings. The van der Waals surface area contributed by atoms with Gasteiger partial charge in [0.2, 0.25) is 0 Å². The summed E-state index contributed by atoms with van der Waals surface area (Å²) >= 11 is 1.78. The molecule has 1 nitrogen and oxygen atoms in total. The number of rotatable bonds is 5. The second-order valence-corrected chi connectivity index (χ2v) is 4.13. The van der Waals surface area contributed by atoms with Crippen LogP contribution < -0.4 is 5.73 Å². The lowest BCUT2D eigenvalue weighted by molar-refractivity contribution is 0.500.